The number of hydrogen-bond acceptors (Lipinski definition) is 8. The molecule has 1 fully saturated rings. The Balaban J connectivity index is 2.03. The summed E-state index contributed by atoms with van der Waals surface area (Å²) < 4.78 is 40.2. The Morgan fingerprint density at radius 1 is 1.22 bits per heavy atom. The van der Waals surface area contributed by atoms with E-state index in [9.17, 15) is 18.0 Å². The van der Waals surface area contributed by atoms with Crippen molar-refractivity contribution in [2.75, 3.05) is 14.2 Å². The number of aryl methyl sites for hydroxylation is 1. The molecule has 144 valence electrons. The molecule has 0 aromatic heterocycles. The first-order valence-electron chi connectivity index (χ1n) is 7.92. The highest BCUT2D eigenvalue weighted by Crippen LogP contribution is 2.38. The molecular weight excluding hydrogens is 394 g/mol. The third-order valence-electron chi connectivity index (χ3n) is 4.37. The van der Waals surface area contributed by atoms with Gasteiger partial charge in [-0.1, -0.05) is 29.9 Å². The molecule has 2 aliphatic heterocycles. The summed E-state index contributed by atoms with van der Waals surface area (Å²) >= 11 is 5.29. The van der Waals surface area contributed by atoms with Gasteiger partial charge in [0.2, 0.25) is 0 Å². The second-order valence-corrected chi connectivity index (χ2v) is 8.14. The van der Waals surface area contributed by atoms with Gasteiger partial charge in [0.15, 0.2) is 17.6 Å². The molecule has 0 aliphatic carbocycles. The average molecular weight is 411 g/mol. The maximum Gasteiger partial charge on any atom is 0.358 e. The van der Waals surface area contributed by atoms with Crippen molar-refractivity contribution in [1.82, 2.24) is 4.90 Å². The Morgan fingerprint density at radius 3 is 2.41 bits per heavy atom. The predicted molar refractivity (Wildman–Crippen MR) is 97.1 cm³/mol. The summed E-state index contributed by atoms with van der Waals surface area (Å²) in [6.07, 6.45) is -0.925. The van der Waals surface area contributed by atoms with Crippen molar-refractivity contribution in [2.45, 2.75) is 30.4 Å². The number of rotatable bonds is 5. The zero-order valence-electron chi connectivity index (χ0n) is 14.8. The summed E-state index contributed by atoms with van der Waals surface area (Å²) in [5.41, 5.74) is 0.604. The lowest BCUT2D eigenvalue weighted by molar-refractivity contribution is -0.165. The van der Waals surface area contributed by atoms with E-state index >= 15 is 0 Å². The van der Waals surface area contributed by atoms with E-state index in [1.807, 2.05) is 6.92 Å². The number of carbonyl (C=O) groups is 2. The highest BCUT2D eigenvalue weighted by molar-refractivity contribution is 7.86. The van der Waals surface area contributed by atoms with Crippen LogP contribution in [0.1, 0.15) is 12.0 Å². The van der Waals surface area contributed by atoms with Gasteiger partial charge in [-0.25, -0.2) is 4.79 Å². The molecule has 1 amide bonds. The molecule has 2 atom stereocenters. The van der Waals surface area contributed by atoms with E-state index in [-0.39, 0.29) is 22.8 Å². The molecule has 0 saturated carbocycles. The molecule has 10 heteroatoms. The van der Waals surface area contributed by atoms with Gasteiger partial charge in [-0.15, -0.1) is 0 Å². The summed E-state index contributed by atoms with van der Waals surface area (Å²) in [5, 5.41) is 0. The standard InChI is InChI=1S/C17H17NO7S2/c1-9-4-6-10(7-5-9)27(21,22)25-11-8-12(26)14-15(23-2)16(19)18(14)13(11)17(20)24-3/h4-7,14-15H,8H2,1-3H3/t14?,15-/m0/s1. The van der Waals surface area contributed by atoms with E-state index < -0.39 is 34.1 Å². The second-order valence-electron chi connectivity index (χ2n) is 6.07. The van der Waals surface area contributed by atoms with Crippen LogP contribution in [0.3, 0.4) is 0 Å². The minimum Gasteiger partial charge on any atom is -0.464 e. The number of β-lactam (4-membered cyclic amide) rings is 1. The Bertz CT molecular complexity index is 950. The molecule has 2 aliphatic rings. The molecule has 1 saturated heterocycles. The zero-order chi connectivity index (χ0) is 19.9. The molecule has 0 N–H and O–H groups in total. The third kappa shape index (κ3) is 3.24. The van der Waals surface area contributed by atoms with Crippen LogP contribution in [0.2, 0.25) is 0 Å². The van der Waals surface area contributed by atoms with Crippen molar-refractivity contribution in [3.05, 3.63) is 41.3 Å². The van der Waals surface area contributed by atoms with Crippen LogP contribution in [0.15, 0.2) is 40.6 Å². The number of methoxy groups -OCH3 is 2. The number of esters is 1. The van der Waals surface area contributed by atoms with Gasteiger partial charge in [-0.05, 0) is 19.1 Å². The van der Waals surface area contributed by atoms with Crippen molar-refractivity contribution >= 4 is 39.1 Å². The minimum atomic E-state index is -4.22. The first-order valence-corrected chi connectivity index (χ1v) is 9.74. The minimum absolute atomic E-state index is 0.0810. The van der Waals surface area contributed by atoms with E-state index in [1.165, 1.54) is 19.2 Å². The topological polar surface area (TPSA) is 99.2 Å². The first kappa shape index (κ1) is 19.5. The molecule has 27 heavy (non-hydrogen) atoms. The van der Waals surface area contributed by atoms with Crippen molar-refractivity contribution in [3.63, 3.8) is 0 Å². The van der Waals surface area contributed by atoms with Crippen molar-refractivity contribution < 1.29 is 31.7 Å². The van der Waals surface area contributed by atoms with Crippen LogP contribution in [0.25, 0.3) is 0 Å². The number of thiocarbonyl (C=S) groups is 1. The van der Waals surface area contributed by atoms with Gasteiger partial charge in [-0.3, -0.25) is 9.69 Å². The van der Waals surface area contributed by atoms with Gasteiger partial charge in [0.1, 0.15) is 10.9 Å². The van der Waals surface area contributed by atoms with E-state index in [4.69, 9.17) is 25.9 Å². The highest BCUT2D eigenvalue weighted by Gasteiger charge is 2.56. The monoisotopic (exact) mass is 411 g/mol. The molecule has 0 spiro atoms. The Kier molecular flexibility index (Phi) is 5.06. The number of nitrogens with zero attached hydrogens (tertiary/aromatic N) is 1. The number of allylic oxidation sites excluding steroid dienone is 1. The largest absolute Gasteiger partial charge is 0.464 e. The first-order chi connectivity index (χ1) is 12.7. The quantitative estimate of drug-likeness (QED) is 0.307. The fourth-order valence-electron chi connectivity index (χ4n) is 3.00. The highest BCUT2D eigenvalue weighted by atomic mass is 32.2. The molecule has 0 radical (unpaired) electrons. The van der Waals surface area contributed by atoms with E-state index in [2.05, 4.69) is 0 Å². The molecular formula is C17H17NO7S2. The molecule has 1 aromatic carbocycles. The summed E-state index contributed by atoms with van der Waals surface area (Å²) in [6, 6.07) is 5.39. The average Bonchev–Trinajstić information content (AvgIpc) is 2.62. The van der Waals surface area contributed by atoms with Crippen LogP contribution in [-0.4, -0.2) is 56.4 Å². The second kappa shape index (κ2) is 7.02. The number of amides is 1. The van der Waals surface area contributed by atoms with Gasteiger partial charge in [0.25, 0.3) is 5.91 Å². The third-order valence-corrected chi connectivity index (χ3v) is 6.02. The summed E-state index contributed by atoms with van der Waals surface area (Å²) in [4.78, 5) is 25.9. The van der Waals surface area contributed by atoms with Gasteiger partial charge in [0, 0.05) is 18.4 Å². The van der Waals surface area contributed by atoms with Crippen LogP contribution < -0.4 is 0 Å². The molecule has 8 nitrogen and oxygen atoms in total. The fraction of sp³-hybridized carbons (Fsp3) is 0.353. The van der Waals surface area contributed by atoms with Crippen LogP contribution >= 0.6 is 12.2 Å². The predicted octanol–water partition coefficient (Wildman–Crippen LogP) is 1.08. The number of fused-ring (bicyclic) bond motifs is 1. The fourth-order valence-corrected chi connectivity index (χ4v) is 4.33. The maximum atomic E-state index is 12.6. The van der Waals surface area contributed by atoms with Gasteiger partial charge in [-0.2, -0.15) is 8.42 Å². The zero-order valence-corrected chi connectivity index (χ0v) is 16.4. The van der Waals surface area contributed by atoms with E-state index in [1.54, 1.807) is 12.1 Å². The van der Waals surface area contributed by atoms with Gasteiger partial charge < -0.3 is 13.7 Å². The lowest BCUT2D eigenvalue weighted by atomic mass is 9.87. The normalized spacial score (nSPS) is 22.3. The smallest absolute Gasteiger partial charge is 0.358 e. The lowest BCUT2D eigenvalue weighted by Gasteiger charge is -2.48. The lowest BCUT2D eigenvalue weighted by Crippen LogP contribution is -2.70. The van der Waals surface area contributed by atoms with Gasteiger partial charge in [0.05, 0.1) is 7.11 Å². The number of hydrogen-bond donors (Lipinski definition) is 0. The summed E-state index contributed by atoms with van der Waals surface area (Å²) in [6.45, 7) is 1.82. The number of carbonyl (C=O) groups excluding carboxylic acids is 2. The molecule has 2 heterocycles. The molecule has 3 rings (SSSR count). The maximum absolute atomic E-state index is 12.6. The van der Waals surface area contributed by atoms with Crippen LogP contribution in [0.5, 0.6) is 0 Å². The number of benzene rings is 1. The van der Waals surface area contributed by atoms with Crippen molar-refractivity contribution in [1.29, 1.82) is 0 Å². The van der Waals surface area contributed by atoms with Crippen LogP contribution in [-0.2, 0) is 33.4 Å². The number of ether oxygens (including phenoxy) is 2. The molecule has 0 bridgehead atoms. The van der Waals surface area contributed by atoms with Crippen LogP contribution in [0.4, 0.5) is 0 Å². The molecule has 1 unspecified atom stereocenters. The Hall–Kier alpha value is -2.30. The van der Waals surface area contributed by atoms with E-state index in [0.717, 1.165) is 17.6 Å². The summed E-state index contributed by atoms with van der Waals surface area (Å²) in [5.74, 6) is -1.65. The van der Waals surface area contributed by atoms with E-state index in [0.29, 0.717) is 4.86 Å². The Labute approximate surface area is 161 Å². The summed E-state index contributed by atoms with van der Waals surface area (Å²) in [7, 11) is -1.74. The molecule has 1 aromatic rings. The Morgan fingerprint density at radius 2 is 1.85 bits per heavy atom. The van der Waals surface area contributed by atoms with Gasteiger partial charge >= 0.3 is 16.1 Å². The van der Waals surface area contributed by atoms with Crippen molar-refractivity contribution in [3.8, 4) is 0 Å². The van der Waals surface area contributed by atoms with Crippen LogP contribution in [0, 0.1) is 6.92 Å². The van der Waals surface area contributed by atoms with Crippen molar-refractivity contribution in [2.24, 2.45) is 0 Å². The SMILES string of the molecule is COC(=O)C1=C(OS(=O)(=O)c2ccc(C)cc2)CC(=S)C2[C@H](OC)C(=O)N12.